The molecule has 0 radical (unpaired) electrons. The van der Waals surface area contributed by atoms with Gasteiger partial charge in [0.2, 0.25) is 0 Å². The Kier molecular flexibility index (Phi) is 4.59. The first-order valence-electron chi connectivity index (χ1n) is 5.90. The van der Waals surface area contributed by atoms with Crippen LogP contribution in [-0.4, -0.2) is 10.8 Å². The lowest BCUT2D eigenvalue weighted by molar-refractivity contribution is -0.384. The molecule has 1 amide bonds. The Morgan fingerprint density at radius 2 is 2.05 bits per heavy atom. The molecule has 0 saturated carbocycles. The molecule has 0 fully saturated rings. The van der Waals surface area contributed by atoms with Crippen molar-refractivity contribution in [3.8, 4) is 0 Å². The molecule has 0 aromatic heterocycles. The Morgan fingerprint density at radius 1 is 1.33 bits per heavy atom. The molecular formula is C14H10BrClN2O3. The van der Waals surface area contributed by atoms with Crippen molar-refractivity contribution >= 4 is 44.8 Å². The van der Waals surface area contributed by atoms with Crippen LogP contribution in [0.25, 0.3) is 0 Å². The molecule has 2 rings (SSSR count). The highest BCUT2D eigenvalue weighted by molar-refractivity contribution is 9.10. The van der Waals surface area contributed by atoms with E-state index in [1.807, 2.05) is 0 Å². The maximum Gasteiger partial charge on any atom is 0.270 e. The topological polar surface area (TPSA) is 72.2 Å². The predicted octanol–water partition coefficient (Wildman–Crippen LogP) is 4.57. The van der Waals surface area contributed by atoms with Gasteiger partial charge in [-0.05, 0) is 40.5 Å². The Morgan fingerprint density at radius 3 is 2.71 bits per heavy atom. The Hall–Kier alpha value is -1.92. The molecule has 1 N–H and O–H groups in total. The summed E-state index contributed by atoms with van der Waals surface area (Å²) >= 11 is 9.24. The van der Waals surface area contributed by atoms with Crippen molar-refractivity contribution in [1.29, 1.82) is 0 Å². The first kappa shape index (κ1) is 15.5. The van der Waals surface area contributed by atoms with Crippen LogP contribution in [0.3, 0.4) is 0 Å². The number of halogens is 2. The largest absolute Gasteiger partial charge is 0.321 e. The quantitative estimate of drug-likeness (QED) is 0.636. The van der Waals surface area contributed by atoms with Crippen LogP contribution < -0.4 is 5.32 Å². The molecule has 0 bridgehead atoms. The van der Waals surface area contributed by atoms with Gasteiger partial charge in [0.25, 0.3) is 11.6 Å². The highest BCUT2D eigenvalue weighted by Gasteiger charge is 2.16. The molecule has 7 heteroatoms. The van der Waals surface area contributed by atoms with Crippen molar-refractivity contribution in [2.45, 2.75) is 6.92 Å². The number of rotatable bonds is 3. The fraction of sp³-hybridized carbons (Fsp3) is 0.0714. The van der Waals surface area contributed by atoms with Crippen molar-refractivity contribution < 1.29 is 9.72 Å². The van der Waals surface area contributed by atoms with Gasteiger partial charge < -0.3 is 5.32 Å². The smallest absolute Gasteiger partial charge is 0.270 e. The summed E-state index contributed by atoms with van der Waals surface area (Å²) in [7, 11) is 0. The normalized spacial score (nSPS) is 10.2. The van der Waals surface area contributed by atoms with Gasteiger partial charge in [-0.15, -0.1) is 0 Å². The molecule has 0 atom stereocenters. The van der Waals surface area contributed by atoms with Crippen LogP contribution in [0.15, 0.2) is 40.9 Å². The predicted molar refractivity (Wildman–Crippen MR) is 84.9 cm³/mol. The van der Waals surface area contributed by atoms with Gasteiger partial charge >= 0.3 is 0 Å². The van der Waals surface area contributed by atoms with Crippen molar-refractivity contribution in [1.82, 2.24) is 0 Å². The third-order valence-corrected chi connectivity index (χ3v) is 4.27. The second-order valence-electron chi connectivity index (χ2n) is 4.31. The Labute approximate surface area is 134 Å². The molecule has 0 aliphatic heterocycles. The number of hydrogen-bond acceptors (Lipinski definition) is 3. The van der Waals surface area contributed by atoms with Gasteiger partial charge in [-0.3, -0.25) is 14.9 Å². The maximum absolute atomic E-state index is 12.3. The van der Waals surface area contributed by atoms with E-state index in [0.29, 0.717) is 20.7 Å². The van der Waals surface area contributed by atoms with Crippen LogP contribution in [0.5, 0.6) is 0 Å². The van der Waals surface area contributed by atoms with Gasteiger partial charge in [0.15, 0.2) is 0 Å². The van der Waals surface area contributed by atoms with Gasteiger partial charge in [-0.25, -0.2) is 0 Å². The average molecular weight is 370 g/mol. The standard InChI is InChI=1S/C14H10BrClN2O3/c1-8-5-6-9(18(20)21)7-10(8)14(19)17-12-4-2-3-11(16)13(12)15/h2-7H,1H3,(H,17,19). The number of carbonyl (C=O) groups excluding carboxylic acids is 1. The summed E-state index contributed by atoms with van der Waals surface area (Å²) in [5.74, 6) is -0.431. The first-order chi connectivity index (χ1) is 9.90. The number of carbonyl (C=O) groups is 1. The lowest BCUT2D eigenvalue weighted by Gasteiger charge is -2.10. The van der Waals surface area contributed by atoms with Crippen LogP contribution in [0.2, 0.25) is 5.02 Å². The summed E-state index contributed by atoms with van der Waals surface area (Å²) < 4.78 is 0.558. The molecule has 0 aliphatic carbocycles. The van der Waals surface area contributed by atoms with E-state index in [4.69, 9.17) is 11.6 Å². The number of hydrogen-bond donors (Lipinski definition) is 1. The highest BCUT2D eigenvalue weighted by Crippen LogP contribution is 2.30. The number of nitro benzene ring substituents is 1. The van der Waals surface area contributed by atoms with Gasteiger partial charge in [-0.1, -0.05) is 23.7 Å². The number of anilines is 1. The van der Waals surface area contributed by atoms with Crippen LogP contribution >= 0.6 is 27.5 Å². The molecule has 108 valence electrons. The number of nitrogens with zero attached hydrogens (tertiary/aromatic N) is 1. The number of nitro groups is 1. The zero-order valence-electron chi connectivity index (χ0n) is 10.9. The summed E-state index contributed by atoms with van der Waals surface area (Å²) in [6.07, 6.45) is 0. The second kappa shape index (κ2) is 6.24. The van der Waals surface area contributed by atoms with E-state index in [1.165, 1.54) is 12.1 Å². The van der Waals surface area contributed by atoms with Gasteiger partial charge in [0.05, 0.1) is 20.1 Å². The fourth-order valence-corrected chi connectivity index (χ4v) is 2.30. The molecule has 5 nitrogen and oxygen atoms in total. The van der Waals surface area contributed by atoms with E-state index in [0.717, 1.165) is 0 Å². The zero-order valence-corrected chi connectivity index (χ0v) is 13.2. The number of benzene rings is 2. The molecule has 0 saturated heterocycles. The molecule has 21 heavy (non-hydrogen) atoms. The Balaban J connectivity index is 2.34. The third kappa shape index (κ3) is 3.40. The lowest BCUT2D eigenvalue weighted by Crippen LogP contribution is -2.14. The van der Waals surface area contributed by atoms with E-state index in [-0.39, 0.29) is 11.3 Å². The summed E-state index contributed by atoms with van der Waals surface area (Å²) in [5.41, 5.74) is 1.27. The monoisotopic (exact) mass is 368 g/mol. The van der Waals surface area contributed by atoms with Gasteiger partial charge in [-0.2, -0.15) is 0 Å². The zero-order chi connectivity index (χ0) is 15.6. The highest BCUT2D eigenvalue weighted by atomic mass is 79.9. The summed E-state index contributed by atoms with van der Waals surface area (Å²) in [6.45, 7) is 1.71. The van der Waals surface area contributed by atoms with E-state index >= 15 is 0 Å². The van der Waals surface area contributed by atoms with Crippen LogP contribution in [0, 0.1) is 17.0 Å². The first-order valence-corrected chi connectivity index (χ1v) is 7.07. The van der Waals surface area contributed by atoms with Crippen molar-refractivity contribution in [2.24, 2.45) is 0 Å². The minimum atomic E-state index is -0.536. The van der Waals surface area contributed by atoms with Crippen molar-refractivity contribution in [2.75, 3.05) is 5.32 Å². The molecule has 0 heterocycles. The molecular weight excluding hydrogens is 360 g/mol. The van der Waals surface area contributed by atoms with E-state index in [2.05, 4.69) is 21.2 Å². The summed E-state index contributed by atoms with van der Waals surface area (Å²) in [6, 6.07) is 9.22. The summed E-state index contributed by atoms with van der Waals surface area (Å²) in [5, 5.41) is 13.9. The molecule has 0 spiro atoms. The Bertz CT molecular complexity index is 734. The second-order valence-corrected chi connectivity index (χ2v) is 5.51. The molecule has 2 aromatic carbocycles. The van der Waals surface area contributed by atoms with Crippen molar-refractivity contribution in [3.05, 3.63) is 67.1 Å². The van der Waals surface area contributed by atoms with Gasteiger partial charge in [0, 0.05) is 17.7 Å². The van der Waals surface area contributed by atoms with E-state index in [1.54, 1.807) is 31.2 Å². The van der Waals surface area contributed by atoms with Crippen molar-refractivity contribution in [3.63, 3.8) is 0 Å². The number of amides is 1. The third-order valence-electron chi connectivity index (χ3n) is 2.88. The fourth-order valence-electron chi connectivity index (χ4n) is 1.76. The minimum Gasteiger partial charge on any atom is -0.321 e. The van der Waals surface area contributed by atoms with E-state index in [9.17, 15) is 14.9 Å². The maximum atomic E-state index is 12.3. The van der Waals surface area contributed by atoms with Crippen LogP contribution in [0.1, 0.15) is 15.9 Å². The van der Waals surface area contributed by atoms with Crippen LogP contribution in [0.4, 0.5) is 11.4 Å². The van der Waals surface area contributed by atoms with Crippen LogP contribution in [-0.2, 0) is 0 Å². The molecule has 2 aromatic rings. The molecule has 0 unspecified atom stereocenters. The SMILES string of the molecule is Cc1ccc([N+](=O)[O-])cc1C(=O)Nc1cccc(Cl)c1Br. The van der Waals surface area contributed by atoms with E-state index < -0.39 is 10.8 Å². The van der Waals surface area contributed by atoms with Gasteiger partial charge in [0.1, 0.15) is 0 Å². The number of nitrogens with one attached hydrogen (secondary N) is 1. The number of non-ortho nitro benzene ring substituents is 1. The lowest BCUT2D eigenvalue weighted by atomic mass is 10.1. The number of aryl methyl sites for hydroxylation is 1. The molecule has 0 aliphatic rings. The summed E-state index contributed by atoms with van der Waals surface area (Å²) in [4.78, 5) is 22.5. The minimum absolute atomic E-state index is 0.129. The average Bonchev–Trinajstić information content (AvgIpc) is 2.44.